The van der Waals surface area contributed by atoms with Gasteiger partial charge >= 0.3 is 0 Å². The molecule has 7 nitrogen and oxygen atoms in total. The summed E-state index contributed by atoms with van der Waals surface area (Å²) in [4.78, 5) is 28.2. The van der Waals surface area contributed by atoms with Crippen molar-refractivity contribution < 1.29 is 9.53 Å². The minimum absolute atomic E-state index is 0.0933. The molecule has 174 valence electrons. The number of amides is 1. The fraction of sp³-hybridized carbons (Fsp3) is 0.269. The summed E-state index contributed by atoms with van der Waals surface area (Å²) in [7, 11) is 1.71. The SMILES string of the molecule is COc1ccccc1N1CCN(CCN(C(=O)c2ccc(N=C=S)cc2)c2ccccn2)CC1. The molecular weight excluding hydrogens is 446 g/mol. The van der Waals surface area contributed by atoms with Crippen LogP contribution < -0.4 is 14.5 Å². The van der Waals surface area contributed by atoms with Gasteiger partial charge in [0, 0.05) is 51.0 Å². The predicted octanol–water partition coefficient (Wildman–Crippen LogP) is 4.29. The molecule has 0 aliphatic carbocycles. The highest BCUT2D eigenvalue weighted by Crippen LogP contribution is 2.28. The van der Waals surface area contributed by atoms with E-state index in [4.69, 9.17) is 4.74 Å². The smallest absolute Gasteiger partial charge is 0.259 e. The summed E-state index contributed by atoms with van der Waals surface area (Å²) < 4.78 is 5.52. The number of methoxy groups -OCH3 is 1. The highest BCUT2D eigenvalue weighted by molar-refractivity contribution is 7.78. The number of hydrogen-bond donors (Lipinski definition) is 0. The zero-order valence-corrected chi connectivity index (χ0v) is 19.9. The van der Waals surface area contributed by atoms with Crippen LogP contribution in [-0.2, 0) is 0 Å². The van der Waals surface area contributed by atoms with E-state index in [1.54, 1.807) is 42.5 Å². The molecule has 1 fully saturated rings. The third-order valence-corrected chi connectivity index (χ3v) is 5.99. The molecule has 1 amide bonds. The van der Waals surface area contributed by atoms with Crippen molar-refractivity contribution in [2.75, 3.05) is 56.2 Å². The largest absolute Gasteiger partial charge is 0.495 e. The molecule has 0 saturated carbocycles. The number of benzene rings is 2. The lowest BCUT2D eigenvalue weighted by molar-refractivity contribution is 0.0982. The molecule has 1 aromatic heterocycles. The van der Waals surface area contributed by atoms with E-state index < -0.39 is 0 Å². The maximum atomic E-state index is 13.4. The first-order chi connectivity index (χ1) is 16.7. The highest BCUT2D eigenvalue weighted by Gasteiger charge is 2.23. The number of nitrogens with zero attached hydrogens (tertiary/aromatic N) is 5. The van der Waals surface area contributed by atoms with E-state index in [9.17, 15) is 4.79 Å². The van der Waals surface area contributed by atoms with Crippen LogP contribution >= 0.6 is 12.2 Å². The number of ether oxygens (including phenoxy) is 1. The summed E-state index contributed by atoms with van der Waals surface area (Å²) in [6.45, 7) is 4.93. The van der Waals surface area contributed by atoms with Crippen LogP contribution in [0.3, 0.4) is 0 Å². The van der Waals surface area contributed by atoms with Crippen molar-refractivity contribution in [1.82, 2.24) is 9.88 Å². The summed E-state index contributed by atoms with van der Waals surface area (Å²) in [5.41, 5.74) is 2.37. The number of anilines is 2. The lowest BCUT2D eigenvalue weighted by Gasteiger charge is -2.37. The van der Waals surface area contributed by atoms with E-state index in [-0.39, 0.29) is 5.91 Å². The lowest BCUT2D eigenvalue weighted by Crippen LogP contribution is -2.49. The van der Waals surface area contributed by atoms with Crippen molar-refractivity contribution in [3.05, 3.63) is 78.5 Å². The lowest BCUT2D eigenvalue weighted by atomic mass is 10.1. The monoisotopic (exact) mass is 473 g/mol. The van der Waals surface area contributed by atoms with Crippen molar-refractivity contribution in [2.45, 2.75) is 0 Å². The van der Waals surface area contributed by atoms with Crippen molar-refractivity contribution in [2.24, 2.45) is 4.99 Å². The normalized spacial score (nSPS) is 13.7. The molecule has 0 unspecified atom stereocenters. The van der Waals surface area contributed by atoms with E-state index >= 15 is 0 Å². The number of aromatic nitrogens is 1. The van der Waals surface area contributed by atoms with E-state index in [0.29, 0.717) is 23.6 Å². The van der Waals surface area contributed by atoms with Gasteiger partial charge in [0.2, 0.25) is 0 Å². The van der Waals surface area contributed by atoms with Gasteiger partial charge in [-0.15, -0.1) is 0 Å². The molecule has 0 N–H and O–H groups in total. The van der Waals surface area contributed by atoms with E-state index in [1.165, 1.54) is 0 Å². The Balaban J connectivity index is 1.42. The van der Waals surface area contributed by atoms with Gasteiger partial charge in [-0.1, -0.05) is 18.2 Å². The van der Waals surface area contributed by atoms with Gasteiger partial charge in [0.15, 0.2) is 0 Å². The Morgan fingerprint density at radius 2 is 1.79 bits per heavy atom. The van der Waals surface area contributed by atoms with Crippen molar-refractivity contribution in [3.63, 3.8) is 0 Å². The summed E-state index contributed by atoms with van der Waals surface area (Å²) >= 11 is 4.65. The number of rotatable bonds is 8. The minimum Gasteiger partial charge on any atom is -0.495 e. The van der Waals surface area contributed by atoms with Gasteiger partial charge in [-0.25, -0.2) is 4.98 Å². The molecule has 1 saturated heterocycles. The highest BCUT2D eigenvalue weighted by atomic mass is 32.1. The molecule has 0 spiro atoms. The number of carbonyl (C=O) groups is 1. The van der Waals surface area contributed by atoms with E-state index in [1.807, 2.05) is 36.4 Å². The van der Waals surface area contributed by atoms with Gasteiger partial charge in [0.05, 0.1) is 23.6 Å². The number of hydrogen-bond acceptors (Lipinski definition) is 7. The number of carbonyl (C=O) groups excluding carboxylic acids is 1. The Morgan fingerprint density at radius 3 is 2.47 bits per heavy atom. The molecule has 3 aromatic rings. The van der Waals surface area contributed by atoms with Gasteiger partial charge in [-0.05, 0) is 60.7 Å². The van der Waals surface area contributed by atoms with Gasteiger partial charge in [-0.2, -0.15) is 4.99 Å². The summed E-state index contributed by atoms with van der Waals surface area (Å²) in [5, 5.41) is 2.34. The average Bonchev–Trinajstić information content (AvgIpc) is 2.90. The Bertz CT molecular complexity index is 1140. The van der Waals surface area contributed by atoms with Crippen LogP contribution in [0.25, 0.3) is 0 Å². The number of isothiocyanates is 1. The van der Waals surface area contributed by atoms with E-state index in [0.717, 1.165) is 44.2 Å². The molecule has 1 aliphatic heterocycles. The van der Waals surface area contributed by atoms with Crippen LogP contribution in [-0.4, -0.2) is 67.3 Å². The van der Waals surface area contributed by atoms with E-state index in [2.05, 4.69) is 43.2 Å². The molecule has 2 heterocycles. The second-order valence-electron chi connectivity index (χ2n) is 7.90. The number of para-hydroxylation sites is 2. The quantitative estimate of drug-likeness (QED) is 0.359. The van der Waals surface area contributed by atoms with Gasteiger partial charge in [-0.3, -0.25) is 14.6 Å². The summed E-state index contributed by atoms with van der Waals surface area (Å²) in [6.07, 6.45) is 1.71. The zero-order chi connectivity index (χ0) is 23.8. The molecule has 1 aliphatic rings. The maximum Gasteiger partial charge on any atom is 0.259 e. The van der Waals surface area contributed by atoms with Gasteiger partial charge in [0.25, 0.3) is 5.91 Å². The van der Waals surface area contributed by atoms with Crippen molar-refractivity contribution >= 4 is 40.5 Å². The molecule has 0 bridgehead atoms. The van der Waals surface area contributed by atoms with Crippen LogP contribution in [0.2, 0.25) is 0 Å². The zero-order valence-electron chi connectivity index (χ0n) is 19.1. The minimum atomic E-state index is -0.0933. The van der Waals surface area contributed by atoms with Gasteiger partial charge in [0.1, 0.15) is 11.6 Å². The fourth-order valence-electron chi connectivity index (χ4n) is 4.07. The van der Waals surface area contributed by atoms with Crippen LogP contribution in [0.4, 0.5) is 17.2 Å². The third kappa shape index (κ3) is 5.66. The first-order valence-corrected chi connectivity index (χ1v) is 11.6. The summed E-state index contributed by atoms with van der Waals surface area (Å²) in [6, 6.07) is 20.8. The fourth-order valence-corrected chi connectivity index (χ4v) is 4.17. The standard InChI is InChI=1S/C26H27N5O2S/c1-33-24-7-3-2-6-23(24)30-17-14-29(15-18-30)16-19-31(25-8-4-5-13-27-25)26(32)21-9-11-22(12-10-21)28-20-34/h2-13H,14-19H2,1H3. The molecule has 0 atom stereocenters. The predicted molar refractivity (Wildman–Crippen MR) is 139 cm³/mol. The van der Waals surface area contributed by atoms with Crippen LogP contribution in [0.1, 0.15) is 10.4 Å². The Labute approximate surface area is 205 Å². The molecule has 0 radical (unpaired) electrons. The Hall–Kier alpha value is -3.58. The van der Waals surface area contributed by atoms with Crippen LogP contribution in [0.5, 0.6) is 5.75 Å². The molecular formula is C26H27N5O2S. The molecule has 4 rings (SSSR count). The maximum absolute atomic E-state index is 13.4. The number of pyridine rings is 1. The van der Waals surface area contributed by atoms with Gasteiger partial charge < -0.3 is 9.64 Å². The number of aliphatic imine (C=N–C) groups is 1. The second-order valence-corrected chi connectivity index (χ2v) is 8.08. The molecule has 8 heteroatoms. The van der Waals surface area contributed by atoms with Crippen molar-refractivity contribution in [3.8, 4) is 5.75 Å². The average molecular weight is 474 g/mol. The number of piperazine rings is 1. The third-order valence-electron chi connectivity index (χ3n) is 5.90. The first kappa shape index (κ1) is 23.6. The first-order valence-electron chi connectivity index (χ1n) is 11.2. The van der Waals surface area contributed by atoms with Crippen LogP contribution in [0.15, 0.2) is 77.9 Å². The van der Waals surface area contributed by atoms with Crippen LogP contribution in [0, 0.1) is 0 Å². The topological polar surface area (TPSA) is 61.3 Å². The molecule has 34 heavy (non-hydrogen) atoms. The summed E-state index contributed by atoms with van der Waals surface area (Å²) in [5.74, 6) is 1.44. The number of thiocarbonyl (C=S) groups is 1. The van der Waals surface area contributed by atoms with Crippen molar-refractivity contribution in [1.29, 1.82) is 0 Å². The molecule has 2 aromatic carbocycles. The Kier molecular flexibility index (Phi) is 7.99. The second kappa shape index (κ2) is 11.5. The Morgan fingerprint density at radius 1 is 1.06 bits per heavy atom.